The molecule has 0 aromatic rings. The summed E-state index contributed by atoms with van der Waals surface area (Å²) in [6, 6.07) is 0. The van der Waals surface area contributed by atoms with E-state index in [0.717, 1.165) is 0 Å². The van der Waals surface area contributed by atoms with Crippen molar-refractivity contribution in [3.63, 3.8) is 0 Å². The maximum atomic E-state index is 11.7. The molecular formula is C9H16O3S. The van der Waals surface area contributed by atoms with Crippen molar-refractivity contribution in [2.75, 3.05) is 5.75 Å². The molecule has 0 aliphatic carbocycles. The Labute approximate surface area is 79.4 Å². The van der Waals surface area contributed by atoms with Gasteiger partial charge in [-0.15, -0.1) is 0 Å². The first kappa shape index (κ1) is 10.7. The lowest BCUT2D eigenvalue weighted by atomic mass is 9.93. The molecule has 0 aromatic carbocycles. The SMILES string of the molecule is CC(C)C(=O)C1(C)CCCS1(=O)=O. The van der Waals surface area contributed by atoms with E-state index in [0.29, 0.717) is 12.8 Å². The maximum absolute atomic E-state index is 11.7. The number of carbonyl (C=O) groups is 1. The van der Waals surface area contributed by atoms with Crippen molar-refractivity contribution in [2.24, 2.45) is 5.92 Å². The summed E-state index contributed by atoms with van der Waals surface area (Å²) in [5, 5.41) is 0. The second kappa shape index (κ2) is 3.08. The van der Waals surface area contributed by atoms with Gasteiger partial charge in [0.2, 0.25) is 0 Å². The molecule has 1 fully saturated rings. The van der Waals surface area contributed by atoms with Gasteiger partial charge in [-0.05, 0) is 19.8 Å². The first-order valence-electron chi connectivity index (χ1n) is 4.58. The molecule has 1 unspecified atom stereocenters. The minimum Gasteiger partial charge on any atom is -0.298 e. The second-order valence-electron chi connectivity index (χ2n) is 4.17. The standard InChI is InChI=1S/C9H16O3S/c1-7(2)8(10)9(3)5-4-6-13(9,11)12/h7H,4-6H2,1-3H3. The molecule has 1 aliphatic heterocycles. The first-order valence-corrected chi connectivity index (χ1v) is 6.23. The van der Waals surface area contributed by atoms with Crippen LogP contribution in [-0.4, -0.2) is 24.7 Å². The normalized spacial score (nSPS) is 32.3. The summed E-state index contributed by atoms with van der Waals surface area (Å²) in [6.45, 7) is 5.07. The van der Waals surface area contributed by atoms with Crippen LogP contribution in [0.5, 0.6) is 0 Å². The van der Waals surface area contributed by atoms with E-state index in [2.05, 4.69) is 0 Å². The number of ketones is 1. The summed E-state index contributed by atoms with van der Waals surface area (Å²) >= 11 is 0. The van der Waals surface area contributed by atoms with Gasteiger partial charge in [-0.3, -0.25) is 4.79 Å². The minimum absolute atomic E-state index is 0.134. The van der Waals surface area contributed by atoms with Crippen LogP contribution in [0.3, 0.4) is 0 Å². The molecule has 0 spiro atoms. The van der Waals surface area contributed by atoms with Gasteiger partial charge < -0.3 is 0 Å². The number of hydrogen-bond donors (Lipinski definition) is 0. The van der Waals surface area contributed by atoms with Gasteiger partial charge in [-0.25, -0.2) is 8.42 Å². The molecule has 0 amide bonds. The molecule has 13 heavy (non-hydrogen) atoms. The predicted octanol–water partition coefficient (Wildman–Crippen LogP) is 1.18. The summed E-state index contributed by atoms with van der Waals surface area (Å²) in [5.74, 6) is -0.162. The minimum atomic E-state index is -3.18. The van der Waals surface area contributed by atoms with Gasteiger partial charge in [-0.2, -0.15) is 0 Å². The summed E-state index contributed by atoms with van der Waals surface area (Å²) in [4.78, 5) is 11.7. The van der Waals surface area contributed by atoms with Gasteiger partial charge in [0.25, 0.3) is 0 Å². The van der Waals surface area contributed by atoms with Crippen molar-refractivity contribution in [1.82, 2.24) is 0 Å². The number of carbonyl (C=O) groups excluding carboxylic acids is 1. The Balaban J connectivity index is 3.08. The zero-order valence-electron chi connectivity index (χ0n) is 8.33. The Bertz CT molecular complexity index is 316. The summed E-state index contributed by atoms with van der Waals surface area (Å²) < 4.78 is 22.1. The molecule has 0 radical (unpaired) electrons. The van der Waals surface area contributed by atoms with Crippen LogP contribution in [0, 0.1) is 5.92 Å². The van der Waals surface area contributed by atoms with Crippen LogP contribution in [0.15, 0.2) is 0 Å². The van der Waals surface area contributed by atoms with Crippen molar-refractivity contribution in [3.8, 4) is 0 Å². The summed E-state index contributed by atoms with van der Waals surface area (Å²) in [6.07, 6.45) is 1.11. The van der Waals surface area contributed by atoms with Gasteiger partial charge in [0.15, 0.2) is 15.6 Å². The second-order valence-corrected chi connectivity index (χ2v) is 6.71. The van der Waals surface area contributed by atoms with E-state index in [4.69, 9.17) is 0 Å². The first-order chi connectivity index (χ1) is 5.81. The average Bonchev–Trinajstić information content (AvgIpc) is 2.26. The van der Waals surface area contributed by atoms with Gasteiger partial charge in [0.1, 0.15) is 4.75 Å². The largest absolute Gasteiger partial charge is 0.298 e. The molecule has 1 heterocycles. The highest BCUT2D eigenvalue weighted by Gasteiger charge is 2.49. The van der Waals surface area contributed by atoms with Crippen molar-refractivity contribution >= 4 is 15.6 Å². The third-order valence-corrected chi connectivity index (χ3v) is 5.40. The molecular weight excluding hydrogens is 188 g/mol. The third kappa shape index (κ3) is 1.52. The van der Waals surface area contributed by atoms with E-state index >= 15 is 0 Å². The molecule has 0 saturated carbocycles. The van der Waals surface area contributed by atoms with Crippen molar-refractivity contribution < 1.29 is 13.2 Å². The topological polar surface area (TPSA) is 51.2 Å². The Kier molecular flexibility index (Phi) is 2.54. The molecule has 1 aliphatic rings. The Hall–Kier alpha value is -0.380. The van der Waals surface area contributed by atoms with E-state index in [-0.39, 0.29) is 17.5 Å². The molecule has 1 saturated heterocycles. The van der Waals surface area contributed by atoms with Gasteiger partial charge in [0.05, 0.1) is 5.75 Å². The van der Waals surface area contributed by atoms with Crippen molar-refractivity contribution in [1.29, 1.82) is 0 Å². The molecule has 76 valence electrons. The average molecular weight is 204 g/mol. The van der Waals surface area contributed by atoms with E-state index in [9.17, 15) is 13.2 Å². The van der Waals surface area contributed by atoms with E-state index in [1.54, 1.807) is 20.8 Å². The van der Waals surface area contributed by atoms with E-state index < -0.39 is 14.6 Å². The van der Waals surface area contributed by atoms with E-state index in [1.165, 1.54) is 0 Å². The maximum Gasteiger partial charge on any atom is 0.162 e. The van der Waals surface area contributed by atoms with Crippen LogP contribution in [0.2, 0.25) is 0 Å². The Morgan fingerprint density at radius 1 is 1.38 bits per heavy atom. The zero-order chi connectivity index (χ0) is 10.3. The third-order valence-electron chi connectivity index (χ3n) is 2.80. The van der Waals surface area contributed by atoms with Crippen LogP contribution >= 0.6 is 0 Å². The number of Topliss-reactive ketones (excluding diaryl/α,β-unsaturated/α-hetero) is 1. The lowest BCUT2D eigenvalue weighted by Crippen LogP contribution is -2.42. The summed E-state index contributed by atoms with van der Waals surface area (Å²) in [5.41, 5.74) is 0. The zero-order valence-corrected chi connectivity index (χ0v) is 9.15. The monoisotopic (exact) mass is 204 g/mol. The van der Waals surface area contributed by atoms with Crippen molar-refractivity contribution in [2.45, 2.75) is 38.4 Å². The fraction of sp³-hybridized carbons (Fsp3) is 0.889. The Morgan fingerprint density at radius 3 is 2.23 bits per heavy atom. The van der Waals surface area contributed by atoms with Crippen LogP contribution in [0.25, 0.3) is 0 Å². The summed E-state index contributed by atoms with van der Waals surface area (Å²) in [7, 11) is -3.18. The molecule has 1 atom stereocenters. The van der Waals surface area contributed by atoms with Gasteiger partial charge >= 0.3 is 0 Å². The highest BCUT2D eigenvalue weighted by Crippen LogP contribution is 2.34. The van der Waals surface area contributed by atoms with Crippen LogP contribution in [-0.2, 0) is 14.6 Å². The molecule has 4 heteroatoms. The van der Waals surface area contributed by atoms with E-state index in [1.807, 2.05) is 0 Å². The molecule has 0 aromatic heterocycles. The van der Waals surface area contributed by atoms with Crippen LogP contribution in [0.4, 0.5) is 0 Å². The van der Waals surface area contributed by atoms with Gasteiger partial charge in [0, 0.05) is 5.92 Å². The number of hydrogen-bond acceptors (Lipinski definition) is 3. The molecule has 1 rings (SSSR count). The quantitative estimate of drug-likeness (QED) is 0.678. The van der Waals surface area contributed by atoms with Crippen LogP contribution in [0.1, 0.15) is 33.6 Å². The van der Waals surface area contributed by atoms with Gasteiger partial charge in [-0.1, -0.05) is 13.8 Å². The lowest BCUT2D eigenvalue weighted by Gasteiger charge is -2.22. The number of rotatable bonds is 2. The lowest BCUT2D eigenvalue weighted by molar-refractivity contribution is -0.124. The fourth-order valence-corrected chi connectivity index (χ4v) is 3.84. The predicted molar refractivity (Wildman–Crippen MR) is 51.3 cm³/mol. The van der Waals surface area contributed by atoms with Crippen LogP contribution < -0.4 is 0 Å². The fourth-order valence-electron chi connectivity index (χ4n) is 1.87. The molecule has 3 nitrogen and oxygen atoms in total. The van der Waals surface area contributed by atoms with Crippen molar-refractivity contribution in [3.05, 3.63) is 0 Å². The highest BCUT2D eigenvalue weighted by molar-refractivity contribution is 7.93. The smallest absolute Gasteiger partial charge is 0.162 e. The number of sulfone groups is 1. The highest BCUT2D eigenvalue weighted by atomic mass is 32.2. The Morgan fingerprint density at radius 2 is 1.92 bits per heavy atom. The molecule has 0 N–H and O–H groups in total. The molecule has 0 bridgehead atoms.